The Labute approximate surface area is 109 Å². The molecule has 0 saturated heterocycles. The lowest BCUT2D eigenvalue weighted by Gasteiger charge is -2.12. The minimum Gasteiger partial charge on any atom is -0.306 e. The van der Waals surface area contributed by atoms with Crippen LogP contribution in [0.15, 0.2) is 22.1 Å². The molecule has 0 spiro atoms. The number of aromatic nitrogens is 3. The Hall–Kier alpha value is -1.36. The van der Waals surface area contributed by atoms with E-state index in [4.69, 9.17) is 0 Å². The van der Waals surface area contributed by atoms with Crippen LogP contribution < -0.4 is 5.56 Å². The number of thioether (sulfide) groups is 1. The lowest BCUT2D eigenvalue weighted by atomic mass is 10.0. The van der Waals surface area contributed by atoms with E-state index in [0.29, 0.717) is 11.6 Å². The lowest BCUT2D eigenvalue weighted by molar-refractivity contribution is 0.689. The molecule has 1 N–H and O–H groups in total. The third kappa shape index (κ3) is 2.03. The van der Waals surface area contributed by atoms with E-state index in [1.54, 1.807) is 6.07 Å². The normalized spacial score (nSPS) is 16.5. The maximum absolute atomic E-state index is 11.4. The molecule has 0 atom stereocenters. The van der Waals surface area contributed by atoms with Crippen molar-refractivity contribution >= 4 is 22.8 Å². The molecule has 0 bridgehead atoms. The zero-order valence-electron chi connectivity index (χ0n) is 10.3. The fraction of sp³-hybridized carbons (Fsp3) is 0.462. The molecular formula is C13H15N3OS. The molecule has 0 unspecified atom stereocenters. The van der Waals surface area contributed by atoms with Crippen LogP contribution >= 0.6 is 11.8 Å². The van der Waals surface area contributed by atoms with E-state index < -0.39 is 0 Å². The average molecular weight is 261 g/mol. The van der Waals surface area contributed by atoms with Gasteiger partial charge in [0.05, 0.1) is 5.69 Å². The first-order valence-electron chi connectivity index (χ1n) is 6.23. The predicted molar refractivity (Wildman–Crippen MR) is 73.1 cm³/mol. The zero-order chi connectivity index (χ0) is 12.5. The average Bonchev–Trinajstić information content (AvgIpc) is 2.90. The molecule has 94 valence electrons. The fourth-order valence-electron chi connectivity index (χ4n) is 2.64. The van der Waals surface area contributed by atoms with E-state index >= 15 is 0 Å². The van der Waals surface area contributed by atoms with Gasteiger partial charge in [0.15, 0.2) is 5.16 Å². The Morgan fingerprint density at radius 3 is 2.78 bits per heavy atom. The van der Waals surface area contributed by atoms with Crippen LogP contribution in [0.4, 0.5) is 0 Å². The fourth-order valence-corrected chi connectivity index (χ4v) is 3.02. The van der Waals surface area contributed by atoms with E-state index in [-0.39, 0.29) is 5.56 Å². The summed E-state index contributed by atoms with van der Waals surface area (Å²) in [6, 6.07) is 3.41. The molecule has 3 rings (SSSR count). The molecule has 1 saturated carbocycles. The van der Waals surface area contributed by atoms with Gasteiger partial charge < -0.3 is 4.98 Å². The summed E-state index contributed by atoms with van der Waals surface area (Å²) in [5, 5.41) is 1.74. The van der Waals surface area contributed by atoms with Gasteiger partial charge in [0.25, 0.3) is 0 Å². The van der Waals surface area contributed by atoms with Crippen molar-refractivity contribution in [3.63, 3.8) is 0 Å². The molecule has 0 aromatic carbocycles. The summed E-state index contributed by atoms with van der Waals surface area (Å²) >= 11 is 1.52. The van der Waals surface area contributed by atoms with Crippen molar-refractivity contribution in [1.29, 1.82) is 0 Å². The first-order chi connectivity index (χ1) is 8.78. The summed E-state index contributed by atoms with van der Waals surface area (Å²) in [5.41, 5.74) is 1.67. The second-order valence-corrected chi connectivity index (χ2v) is 5.44. The standard InChI is InChI=1S/C13H15N3OS/c1-18-13-15-11(8-4-2-3-5-8)9-6-7-10(17)14-12(9)16-13/h6-8H,2-5H2,1H3,(H,14,15,16,17). The van der Waals surface area contributed by atoms with Gasteiger partial charge in [0.2, 0.25) is 5.56 Å². The Bertz CT molecular complexity index is 632. The molecule has 0 amide bonds. The molecular weight excluding hydrogens is 246 g/mol. The second-order valence-electron chi connectivity index (χ2n) is 4.66. The molecule has 1 fully saturated rings. The third-order valence-electron chi connectivity index (χ3n) is 3.52. The minimum atomic E-state index is -0.106. The van der Waals surface area contributed by atoms with E-state index in [2.05, 4.69) is 15.0 Å². The van der Waals surface area contributed by atoms with Crippen molar-refractivity contribution in [1.82, 2.24) is 15.0 Å². The molecule has 18 heavy (non-hydrogen) atoms. The number of fused-ring (bicyclic) bond motifs is 1. The van der Waals surface area contributed by atoms with E-state index in [1.165, 1.54) is 37.4 Å². The van der Waals surface area contributed by atoms with Crippen LogP contribution in [-0.2, 0) is 0 Å². The Kier molecular flexibility index (Phi) is 3.07. The SMILES string of the molecule is CSc1nc(C2CCCC2)c2ccc(=O)[nH]c2n1. The molecule has 2 heterocycles. The van der Waals surface area contributed by atoms with Crippen molar-refractivity contribution in [2.45, 2.75) is 36.8 Å². The highest BCUT2D eigenvalue weighted by molar-refractivity contribution is 7.98. The lowest BCUT2D eigenvalue weighted by Crippen LogP contribution is -2.08. The van der Waals surface area contributed by atoms with Gasteiger partial charge in [-0.3, -0.25) is 4.79 Å². The number of hydrogen-bond acceptors (Lipinski definition) is 4. The van der Waals surface area contributed by atoms with Gasteiger partial charge in [0, 0.05) is 17.4 Å². The maximum Gasteiger partial charge on any atom is 0.249 e. The highest BCUT2D eigenvalue weighted by Gasteiger charge is 2.22. The van der Waals surface area contributed by atoms with E-state index in [1.807, 2.05) is 12.3 Å². The number of aromatic amines is 1. The zero-order valence-corrected chi connectivity index (χ0v) is 11.1. The monoisotopic (exact) mass is 261 g/mol. The number of rotatable bonds is 2. The first-order valence-corrected chi connectivity index (χ1v) is 7.45. The quantitative estimate of drug-likeness (QED) is 0.667. The van der Waals surface area contributed by atoms with Gasteiger partial charge in [-0.25, -0.2) is 9.97 Å². The molecule has 2 aromatic heterocycles. The van der Waals surface area contributed by atoms with Gasteiger partial charge in [0.1, 0.15) is 5.65 Å². The van der Waals surface area contributed by atoms with Crippen LogP contribution in [0.25, 0.3) is 11.0 Å². The first kappa shape index (κ1) is 11.7. The molecule has 1 aliphatic carbocycles. The molecule has 5 heteroatoms. The summed E-state index contributed by atoms with van der Waals surface area (Å²) in [7, 11) is 0. The maximum atomic E-state index is 11.4. The van der Waals surface area contributed by atoms with Crippen molar-refractivity contribution in [2.75, 3.05) is 6.26 Å². The highest BCUT2D eigenvalue weighted by Crippen LogP contribution is 2.36. The summed E-state index contributed by atoms with van der Waals surface area (Å²) in [6.45, 7) is 0. The van der Waals surface area contributed by atoms with Crippen LogP contribution in [0, 0.1) is 0 Å². The summed E-state index contributed by atoms with van der Waals surface area (Å²) in [6.07, 6.45) is 6.89. The van der Waals surface area contributed by atoms with Crippen LogP contribution in [0.3, 0.4) is 0 Å². The molecule has 1 aliphatic rings. The molecule has 0 radical (unpaired) electrons. The number of nitrogens with zero attached hydrogens (tertiary/aromatic N) is 2. The van der Waals surface area contributed by atoms with E-state index in [9.17, 15) is 4.79 Å². The van der Waals surface area contributed by atoms with Gasteiger partial charge >= 0.3 is 0 Å². The van der Waals surface area contributed by atoms with Crippen LogP contribution in [0.5, 0.6) is 0 Å². The minimum absolute atomic E-state index is 0.106. The highest BCUT2D eigenvalue weighted by atomic mass is 32.2. The smallest absolute Gasteiger partial charge is 0.249 e. The van der Waals surface area contributed by atoms with Gasteiger partial charge in [-0.2, -0.15) is 0 Å². The summed E-state index contributed by atoms with van der Waals surface area (Å²) in [4.78, 5) is 23.2. The summed E-state index contributed by atoms with van der Waals surface area (Å²) < 4.78 is 0. The Morgan fingerprint density at radius 2 is 2.06 bits per heavy atom. The van der Waals surface area contributed by atoms with E-state index in [0.717, 1.165) is 16.2 Å². The topological polar surface area (TPSA) is 58.6 Å². The van der Waals surface area contributed by atoms with Gasteiger partial charge in [-0.05, 0) is 25.2 Å². The van der Waals surface area contributed by atoms with Gasteiger partial charge in [-0.1, -0.05) is 24.6 Å². The van der Waals surface area contributed by atoms with Crippen molar-refractivity contribution < 1.29 is 0 Å². The van der Waals surface area contributed by atoms with Gasteiger partial charge in [-0.15, -0.1) is 0 Å². The van der Waals surface area contributed by atoms with Crippen molar-refractivity contribution in [3.05, 3.63) is 28.2 Å². The number of pyridine rings is 1. The molecule has 0 aliphatic heterocycles. The van der Waals surface area contributed by atoms with Crippen LogP contribution in [-0.4, -0.2) is 21.2 Å². The van der Waals surface area contributed by atoms with Crippen molar-refractivity contribution in [3.8, 4) is 0 Å². The second kappa shape index (κ2) is 4.72. The molecule has 4 nitrogen and oxygen atoms in total. The van der Waals surface area contributed by atoms with Crippen LogP contribution in [0.1, 0.15) is 37.3 Å². The Morgan fingerprint density at radius 1 is 1.28 bits per heavy atom. The number of H-pyrrole nitrogens is 1. The number of hydrogen-bond donors (Lipinski definition) is 1. The summed E-state index contributed by atoms with van der Waals surface area (Å²) in [5.74, 6) is 0.521. The van der Waals surface area contributed by atoms with Crippen molar-refractivity contribution in [2.24, 2.45) is 0 Å². The van der Waals surface area contributed by atoms with Crippen LogP contribution in [0.2, 0.25) is 0 Å². The Balaban J connectivity index is 2.23. The predicted octanol–water partition coefficient (Wildman–Crippen LogP) is 2.70. The molecule has 2 aromatic rings. The largest absolute Gasteiger partial charge is 0.306 e. The third-order valence-corrected chi connectivity index (χ3v) is 4.07. The number of nitrogens with one attached hydrogen (secondary N) is 1.